The van der Waals surface area contributed by atoms with E-state index in [0.29, 0.717) is 22.8 Å². The van der Waals surface area contributed by atoms with Gasteiger partial charge in [-0.2, -0.15) is 13.2 Å². The topological polar surface area (TPSA) is 90.9 Å². The Hall–Kier alpha value is -2.36. The number of benzene rings is 1. The number of aromatic amines is 1. The number of nitrogens with one attached hydrogen (secondary N) is 1. The van der Waals surface area contributed by atoms with Crippen molar-refractivity contribution in [2.24, 2.45) is 5.41 Å². The van der Waals surface area contributed by atoms with Crippen LogP contribution in [-0.2, 0) is 10.2 Å². The maximum absolute atomic E-state index is 13.3. The monoisotopic (exact) mass is 467 g/mol. The zero-order valence-electron chi connectivity index (χ0n) is 18.5. The quantitative estimate of drug-likeness (QED) is 0.522. The van der Waals surface area contributed by atoms with Crippen LogP contribution >= 0.6 is 0 Å². The number of halogens is 3. The molecular formula is C23H21F3N3NaO3. The standard InChI is InChI=1S/C23H22F3N3O3.Na/c1-21(2,20(30)31)13-32-16-6-3-14(4-7-16)17-8-5-15(11-27-17)19-28-12-18(29-19)22(9-10-22)23(24,25)26;/h3-8,11-12H,9-10,13H2,1-2H3,(H,28,29)(H,30,31);/q;+1/p-1. The number of carboxylic acid groups (broad SMARTS) is 1. The van der Waals surface area contributed by atoms with Gasteiger partial charge in [0.05, 0.1) is 24.0 Å². The van der Waals surface area contributed by atoms with Gasteiger partial charge in [-0.15, -0.1) is 0 Å². The van der Waals surface area contributed by atoms with E-state index in [0.717, 1.165) is 5.56 Å². The van der Waals surface area contributed by atoms with Gasteiger partial charge in [-0.3, -0.25) is 4.98 Å². The zero-order valence-corrected chi connectivity index (χ0v) is 20.5. The van der Waals surface area contributed by atoms with E-state index in [1.165, 1.54) is 20.0 Å². The van der Waals surface area contributed by atoms with Gasteiger partial charge >= 0.3 is 35.7 Å². The first kappa shape index (κ1) is 25.3. The third-order valence-corrected chi connectivity index (χ3v) is 5.72. The SMILES string of the molecule is CC(C)(COc1ccc(-c2ccc(-c3ncc(C4(C(F)(F)F)CC4)[nH]3)cn2)cc1)C(=O)[O-].[Na+]. The smallest absolute Gasteiger partial charge is 0.549 e. The molecule has 3 aromatic rings. The molecule has 0 aliphatic heterocycles. The predicted octanol–water partition coefficient (Wildman–Crippen LogP) is 0.891. The molecule has 10 heteroatoms. The largest absolute Gasteiger partial charge is 1.00 e. The normalized spacial score (nSPS) is 14.9. The molecule has 0 unspecified atom stereocenters. The number of carbonyl (C=O) groups is 1. The van der Waals surface area contributed by atoms with Gasteiger partial charge in [0, 0.05) is 28.9 Å². The Morgan fingerprint density at radius 2 is 1.70 bits per heavy atom. The van der Waals surface area contributed by atoms with E-state index in [1.807, 2.05) is 0 Å². The van der Waals surface area contributed by atoms with E-state index < -0.39 is 23.0 Å². The molecule has 1 N–H and O–H groups in total. The second-order valence-electron chi connectivity index (χ2n) is 8.64. The fraction of sp³-hybridized carbons (Fsp3) is 0.348. The molecule has 1 aromatic carbocycles. The van der Waals surface area contributed by atoms with E-state index in [-0.39, 0.29) is 54.7 Å². The fourth-order valence-electron chi connectivity index (χ4n) is 3.29. The summed E-state index contributed by atoms with van der Waals surface area (Å²) in [5.41, 5.74) is -0.774. The van der Waals surface area contributed by atoms with Crippen molar-refractivity contribution in [3.05, 3.63) is 54.5 Å². The minimum absolute atomic E-state index is 0. The van der Waals surface area contributed by atoms with E-state index >= 15 is 0 Å². The number of alkyl halides is 3. The van der Waals surface area contributed by atoms with Crippen molar-refractivity contribution < 1.29 is 57.4 Å². The molecule has 1 aliphatic carbocycles. The van der Waals surface area contributed by atoms with Crippen molar-refractivity contribution >= 4 is 5.97 Å². The van der Waals surface area contributed by atoms with Gasteiger partial charge in [0.2, 0.25) is 0 Å². The molecule has 33 heavy (non-hydrogen) atoms. The van der Waals surface area contributed by atoms with E-state index in [4.69, 9.17) is 4.74 Å². The molecule has 2 heterocycles. The van der Waals surface area contributed by atoms with Crippen LogP contribution in [0.1, 0.15) is 32.4 Å². The second-order valence-corrected chi connectivity index (χ2v) is 8.64. The van der Waals surface area contributed by atoms with Crippen LogP contribution in [0.4, 0.5) is 13.2 Å². The van der Waals surface area contributed by atoms with E-state index in [1.54, 1.807) is 42.6 Å². The summed E-state index contributed by atoms with van der Waals surface area (Å²) in [6.45, 7) is 3.03. The van der Waals surface area contributed by atoms with Gasteiger partial charge in [-0.25, -0.2) is 4.98 Å². The summed E-state index contributed by atoms with van der Waals surface area (Å²) in [5.74, 6) is -0.330. The van der Waals surface area contributed by atoms with Crippen molar-refractivity contribution in [1.29, 1.82) is 0 Å². The number of hydrogen-bond acceptors (Lipinski definition) is 5. The summed E-state index contributed by atoms with van der Waals surface area (Å²) < 4.78 is 45.4. The average molecular weight is 467 g/mol. The molecule has 0 atom stereocenters. The summed E-state index contributed by atoms with van der Waals surface area (Å²) in [6, 6.07) is 10.5. The number of pyridine rings is 1. The molecule has 6 nitrogen and oxygen atoms in total. The Kier molecular flexibility index (Phi) is 6.98. The Labute approximate surface area is 210 Å². The summed E-state index contributed by atoms with van der Waals surface area (Å²) in [6.07, 6.45) is -1.35. The summed E-state index contributed by atoms with van der Waals surface area (Å²) in [7, 11) is 0. The predicted molar refractivity (Wildman–Crippen MR) is 109 cm³/mol. The number of rotatable bonds is 7. The molecule has 4 rings (SSSR count). The van der Waals surface area contributed by atoms with Crippen molar-refractivity contribution in [1.82, 2.24) is 15.0 Å². The minimum Gasteiger partial charge on any atom is -0.549 e. The van der Waals surface area contributed by atoms with Gasteiger partial charge in [-0.05, 0) is 49.2 Å². The van der Waals surface area contributed by atoms with Crippen LogP contribution in [0.2, 0.25) is 0 Å². The number of carbonyl (C=O) groups excluding carboxylic acids is 1. The molecule has 0 radical (unpaired) electrons. The zero-order chi connectivity index (χ0) is 23.1. The van der Waals surface area contributed by atoms with Gasteiger partial charge in [0.1, 0.15) is 17.0 Å². The Balaban J connectivity index is 0.00000306. The summed E-state index contributed by atoms with van der Waals surface area (Å²) in [5, 5.41) is 11.1. The number of H-pyrrole nitrogens is 1. The Bertz CT molecular complexity index is 1120. The molecule has 1 saturated carbocycles. The fourth-order valence-corrected chi connectivity index (χ4v) is 3.29. The van der Waals surface area contributed by atoms with Crippen LogP contribution in [0, 0.1) is 5.41 Å². The summed E-state index contributed by atoms with van der Waals surface area (Å²) >= 11 is 0. The minimum atomic E-state index is -4.30. The first-order valence-electron chi connectivity index (χ1n) is 10.1. The molecule has 168 valence electrons. The van der Waals surface area contributed by atoms with Gasteiger partial charge < -0.3 is 19.6 Å². The first-order valence-corrected chi connectivity index (χ1v) is 10.1. The van der Waals surface area contributed by atoms with Crippen LogP contribution in [0.25, 0.3) is 22.6 Å². The first-order chi connectivity index (χ1) is 15.0. The molecule has 0 bridgehead atoms. The number of carboxylic acids is 1. The molecule has 0 amide bonds. The molecular weight excluding hydrogens is 446 g/mol. The van der Waals surface area contributed by atoms with Crippen molar-refractivity contribution in [3.63, 3.8) is 0 Å². The number of aliphatic carboxylic acids is 1. The number of nitrogens with zero attached hydrogens (tertiary/aromatic N) is 2. The number of hydrogen-bond donors (Lipinski definition) is 1. The van der Waals surface area contributed by atoms with Crippen molar-refractivity contribution in [2.75, 3.05) is 6.61 Å². The number of imidazole rings is 1. The Morgan fingerprint density at radius 1 is 1.06 bits per heavy atom. The van der Waals surface area contributed by atoms with Crippen LogP contribution in [-0.4, -0.2) is 33.7 Å². The van der Waals surface area contributed by atoms with E-state index in [2.05, 4.69) is 15.0 Å². The third-order valence-electron chi connectivity index (χ3n) is 5.72. The third kappa shape index (κ3) is 5.10. The van der Waals surface area contributed by atoms with Crippen LogP contribution in [0.15, 0.2) is 48.8 Å². The van der Waals surface area contributed by atoms with Gasteiger partial charge in [-0.1, -0.05) is 13.8 Å². The van der Waals surface area contributed by atoms with Crippen molar-refractivity contribution in [3.8, 4) is 28.4 Å². The average Bonchev–Trinajstić information content (AvgIpc) is 3.44. The molecule has 1 aliphatic rings. The maximum Gasteiger partial charge on any atom is 1.00 e. The van der Waals surface area contributed by atoms with Crippen LogP contribution in [0.3, 0.4) is 0 Å². The van der Waals surface area contributed by atoms with Gasteiger partial charge in [0.15, 0.2) is 0 Å². The molecule has 0 spiro atoms. The van der Waals surface area contributed by atoms with Crippen LogP contribution < -0.4 is 39.4 Å². The number of aromatic nitrogens is 3. The maximum atomic E-state index is 13.3. The molecule has 1 fully saturated rings. The number of ether oxygens (including phenoxy) is 1. The van der Waals surface area contributed by atoms with Crippen LogP contribution in [0.5, 0.6) is 5.75 Å². The Morgan fingerprint density at radius 3 is 2.21 bits per heavy atom. The molecule has 0 saturated heterocycles. The van der Waals surface area contributed by atoms with E-state index in [9.17, 15) is 23.1 Å². The summed E-state index contributed by atoms with van der Waals surface area (Å²) in [4.78, 5) is 22.4. The van der Waals surface area contributed by atoms with Gasteiger partial charge in [0.25, 0.3) is 0 Å². The van der Waals surface area contributed by atoms with Crippen molar-refractivity contribution in [2.45, 2.75) is 38.3 Å². The molecule has 2 aromatic heterocycles. The second kappa shape index (κ2) is 9.12.